The van der Waals surface area contributed by atoms with Gasteiger partial charge in [-0.05, 0) is 19.3 Å². The summed E-state index contributed by atoms with van der Waals surface area (Å²) in [4.78, 5) is 18.7. The maximum atomic E-state index is 12.8. The fourth-order valence-corrected chi connectivity index (χ4v) is 2.24. The van der Waals surface area contributed by atoms with Crippen LogP contribution in [-0.2, 0) is 18.0 Å². The summed E-state index contributed by atoms with van der Waals surface area (Å²) >= 11 is 4.26. The Morgan fingerprint density at radius 2 is 2.25 bits per heavy atom. The van der Waals surface area contributed by atoms with Gasteiger partial charge in [0.2, 0.25) is 5.91 Å². The highest BCUT2D eigenvalue weighted by atomic mass is 32.1. The Morgan fingerprint density at radius 1 is 1.55 bits per heavy atom. The van der Waals surface area contributed by atoms with E-state index in [4.69, 9.17) is 4.74 Å². The van der Waals surface area contributed by atoms with Crippen molar-refractivity contribution < 1.29 is 13.9 Å². The molecular formula is C13H22FN3O2S. The zero-order valence-corrected chi connectivity index (χ0v) is 13.0. The predicted octanol–water partition coefficient (Wildman–Crippen LogP) is 2.24. The van der Waals surface area contributed by atoms with Crippen LogP contribution in [0.4, 0.5) is 4.39 Å². The fourth-order valence-electron chi connectivity index (χ4n) is 1.73. The minimum Gasteiger partial charge on any atom is -0.465 e. The monoisotopic (exact) mass is 303 g/mol. The van der Waals surface area contributed by atoms with Gasteiger partial charge < -0.3 is 15.0 Å². The van der Waals surface area contributed by atoms with Gasteiger partial charge in [-0.2, -0.15) is 17.6 Å². The SMILES string of the molecule is CCOc1nc(CF)c(CNC(=O)[C@@H](S)CC(C)C)[nH]1. The van der Waals surface area contributed by atoms with Crippen LogP contribution in [0.25, 0.3) is 0 Å². The number of carbonyl (C=O) groups excluding carboxylic acids is 1. The lowest BCUT2D eigenvalue weighted by Crippen LogP contribution is -2.32. The van der Waals surface area contributed by atoms with E-state index in [2.05, 4.69) is 27.9 Å². The van der Waals surface area contributed by atoms with Crippen molar-refractivity contribution in [1.82, 2.24) is 15.3 Å². The van der Waals surface area contributed by atoms with Crippen LogP contribution in [0.5, 0.6) is 6.01 Å². The molecule has 0 aliphatic rings. The molecule has 1 aromatic rings. The number of halogens is 1. The summed E-state index contributed by atoms with van der Waals surface area (Å²) in [6.45, 7) is 5.80. The standard InChI is InChI=1S/C13H22FN3O2S/c1-4-19-13-16-9(6-14)10(17-13)7-15-12(18)11(20)5-8(2)3/h8,11,20H,4-7H2,1-3H3,(H,15,18)(H,16,17)/t11-/m0/s1. The Morgan fingerprint density at radius 3 is 2.80 bits per heavy atom. The van der Waals surface area contributed by atoms with Crippen LogP contribution in [0.2, 0.25) is 0 Å². The van der Waals surface area contributed by atoms with Crippen LogP contribution in [0.15, 0.2) is 0 Å². The first-order chi connectivity index (χ1) is 9.47. The molecule has 7 heteroatoms. The van der Waals surface area contributed by atoms with Crippen molar-refractivity contribution >= 4 is 18.5 Å². The average molecular weight is 303 g/mol. The Bertz CT molecular complexity index is 437. The number of imidazole rings is 1. The summed E-state index contributed by atoms with van der Waals surface area (Å²) in [5, 5.41) is 2.36. The number of H-pyrrole nitrogens is 1. The molecule has 2 N–H and O–H groups in total. The Balaban J connectivity index is 2.58. The molecule has 0 radical (unpaired) electrons. The van der Waals surface area contributed by atoms with Gasteiger partial charge >= 0.3 is 0 Å². The molecule has 1 rings (SSSR count). The minimum atomic E-state index is -0.703. The van der Waals surface area contributed by atoms with Gasteiger partial charge in [0, 0.05) is 0 Å². The van der Waals surface area contributed by atoms with Crippen molar-refractivity contribution in [2.75, 3.05) is 6.61 Å². The topological polar surface area (TPSA) is 67.0 Å². The van der Waals surface area contributed by atoms with Gasteiger partial charge in [-0.3, -0.25) is 4.79 Å². The number of nitrogens with one attached hydrogen (secondary N) is 2. The lowest BCUT2D eigenvalue weighted by molar-refractivity contribution is -0.121. The van der Waals surface area contributed by atoms with Crippen molar-refractivity contribution in [3.8, 4) is 6.01 Å². The van der Waals surface area contributed by atoms with Crippen LogP contribution < -0.4 is 10.1 Å². The molecule has 0 aromatic carbocycles. The van der Waals surface area contributed by atoms with Crippen LogP contribution in [0, 0.1) is 5.92 Å². The summed E-state index contributed by atoms with van der Waals surface area (Å²) < 4.78 is 18.0. The molecule has 20 heavy (non-hydrogen) atoms. The zero-order valence-electron chi connectivity index (χ0n) is 12.1. The molecule has 1 atom stereocenters. The molecule has 114 valence electrons. The van der Waals surface area contributed by atoms with Gasteiger partial charge in [-0.25, -0.2) is 4.39 Å². The molecule has 0 saturated carbocycles. The van der Waals surface area contributed by atoms with Gasteiger partial charge in [-0.1, -0.05) is 13.8 Å². The Labute approximate surface area is 124 Å². The van der Waals surface area contributed by atoms with E-state index in [1.54, 1.807) is 0 Å². The van der Waals surface area contributed by atoms with Gasteiger partial charge in [0.05, 0.1) is 29.8 Å². The van der Waals surface area contributed by atoms with Gasteiger partial charge in [0.1, 0.15) is 6.67 Å². The largest absolute Gasteiger partial charge is 0.465 e. The number of ether oxygens (including phenoxy) is 1. The highest BCUT2D eigenvalue weighted by Gasteiger charge is 2.17. The molecule has 0 fully saturated rings. The molecule has 0 aliphatic carbocycles. The summed E-state index contributed by atoms with van der Waals surface area (Å²) in [6, 6.07) is 0.272. The molecule has 1 amide bonds. The third-order valence-electron chi connectivity index (χ3n) is 2.69. The first kappa shape index (κ1) is 16.8. The van der Waals surface area contributed by atoms with Crippen LogP contribution in [-0.4, -0.2) is 27.7 Å². The molecule has 1 heterocycles. The van der Waals surface area contributed by atoms with E-state index in [-0.39, 0.29) is 29.4 Å². The second kappa shape index (κ2) is 8.14. The number of carbonyl (C=O) groups is 1. The molecular weight excluding hydrogens is 281 g/mol. The van der Waals surface area contributed by atoms with Crippen molar-refractivity contribution in [3.05, 3.63) is 11.4 Å². The van der Waals surface area contributed by atoms with E-state index in [9.17, 15) is 9.18 Å². The number of rotatable bonds is 8. The molecule has 0 saturated heterocycles. The van der Waals surface area contributed by atoms with Crippen molar-refractivity contribution in [2.24, 2.45) is 5.92 Å². The van der Waals surface area contributed by atoms with Gasteiger partial charge in [0.15, 0.2) is 0 Å². The first-order valence-corrected chi connectivity index (χ1v) is 7.21. The van der Waals surface area contributed by atoms with Crippen molar-refractivity contribution in [3.63, 3.8) is 0 Å². The third kappa shape index (κ3) is 5.03. The molecule has 0 spiro atoms. The number of aromatic amines is 1. The normalized spacial score (nSPS) is 12.5. The van der Waals surface area contributed by atoms with Gasteiger partial charge in [0.25, 0.3) is 6.01 Å². The predicted molar refractivity (Wildman–Crippen MR) is 78.6 cm³/mol. The average Bonchev–Trinajstić information content (AvgIpc) is 2.77. The first-order valence-electron chi connectivity index (χ1n) is 6.70. The molecule has 0 aliphatic heterocycles. The number of hydrogen-bond donors (Lipinski definition) is 3. The summed E-state index contributed by atoms with van der Waals surface area (Å²) in [6.07, 6.45) is 0.693. The second-order valence-corrected chi connectivity index (χ2v) is 5.52. The van der Waals surface area contributed by atoms with E-state index in [0.29, 0.717) is 24.6 Å². The van der Waals surface area contributed by atoms with Crippen molar-refractivity contribution in [2.45, 2.75) is 45.7 Å². The quantitative estimate of drug-likeness (QED) is 0.645. The van der Waals surface area contributed by atoms with Crippen LogP contribution in [0.3, 0.4) is 0 Å². The molecule has 1 aromatic heterocycles. The lowest BCUT2D eigenvalue weighted by atomic mass is 10.1. The summed E-state index contributed by atoms with van der Waals surface area (Å²) in [7, 11) is 0. The number of amides is 1. The number of thiol groups is 1. The molecule has 5 nitrogen and oxygen atoms in total. The smallest absolute Gasteiger partial charge is 0.294 e. The third-order valence-corrected chi connectivity index (χ3v) is 3.13. The second-order valence-electron chi connectivity index (χ2n) is 4.90. The van der Waals surface area contributed by atoms with Crippen LogP contribution in [0.1, 0.15) is 38.6 Å². The maximum absolute atomic E-state index is 12.8. The summed E-state index contributed by atoms with van der Waals surface area (Å²) in [5.74, 6) is 0.223. The summed E-state index contributed by atoms with van der Waals surface area (Å²) in [5.41, 5.74) is 0.780. The Kier molecular flexibility index (Phi) is 6.84. The number of nitrogens with zero attached hydrogens (tertiary/aromatic N) is 1. The highest BCUT2D eigenvalue weighted by Crippen LogP contribution is 2.14. The van der Waals surface area contributed by atoms with E-state index in [0.717, 1.165) is 0 Å². The van der Waals surface area contributed by atoms with E-state index >= 15 is 0 Å². The fraction of sp³-hybridized carbons (Fsp3) is 0.692. The number of aromatic nitrogens is 2. The van der Waals surface area contributed by atoms with E-state index < -0.39 is 6.67 Å². The van der Waals surface area contributed by atoms with Gasteiger partial charge in [-0.15, -0.1) is 0 Å². The van der Waals surface area contributed by atoms with E-state index in [1.165, 1.54) is 0 Å². The van der Waals surface area contributed by atoms with Crippen molar-refractivity contribution in [1.29, 1.82) is 0 Å². The molecule has 0 bridgehead atoms. The van der Waals surface area contributed by atoms with Crippen LogP contribution >= 0.6 is 12.6 Å². The number of alkyl halides is 1. The highest BCUT2D eigenvalue weighted by molar-refractivity contribution is 7.81. The zero-order chi connectivity index (χ0) is 15.1. The Hall–Kier alpha value is -1.24. The number of hydrogen-bond acceptors (Lipinski definition) is 4. The van der Waals surface area contributed by atoms with E-state index in [1.807, 2.05) is 20.8 Å². The lowest BCUT2D eigenvalue weighted by Gasteiger charge is -2.13. The molecule has 0 unspecified atom stereocenters. The maximum Gasteiger partial charge on any atom is 0.294 e. The minimum absolute atomic E-state index is 0.167.